The summed E-state index contributed by atoms with van der Waals surface area (Å²) in [4.78, 5) is 2.20. The summed E-state index contributed by atoms with van der Waals surface area (Å²) in [6, 6.07) is 8.44. The van der Waals surface area contributed by atoms with Gasteiger partial charge in [0, 0.05) is 17.1 Å². The predicted molar refractivity (Wildman–Crippen MR) is 80.2 cm³/mol. The highest BCUT2D eigenvalue weighted by Gasteiger charge is 2.28. The van der Waals surface area contributed by atoms with Gasteiger partial charge >= 0.3 is 0 Å². The fourth-order valence-corrected chi connectivity index (χ4v) is 2.96. The normalized spacial score (nSPS) is 19.0. The molecule has 0 bridgehead atoms. The summed E-state index contributed by atoms with van der Waals surface area (Å²) in [6.07, 6.45) is 2.04. The van der Waals surface area contributed by atoms with Crippen molar-refractivity contribution in [3.8, 4) is 0 Å². The number of nitrogens with zero attached hydrogens (tertiary/aromatic N) is 3. The van der Waals surface area contributed by atoms with E-state index in [1.54, 1.807) is 18.2 Å². The average molecular weight is 307 g/mol. The molecule has 2 heterocycles. The molecule has 4 nitrogen and oxygen atoms in total. The third kappa shape index (κ3) is 3.14. The fourth-order valence-electron chi connectivity index (χ4n) is 2.76. The van der Waals surface area contributed by atoms with Crippen molar-refractivity contribution in [1.29, 1.82) is 0 Å². The number of likely N-dealkylation sites (tertiary alicyclic amines) is 1. The van der Waals surface area contributed by atoms with Gasteiger partial charge in [0.2, 0.25) is 0 Å². The number of aromatic nitrogens is 2. The molecule has 0 saturated carbocycles. The van der Waals surface area contributed by atoms with Gasteiger partial charge in [-0.25, -0.2) is 4.39 Å². The lowest BCUT2D eigenvalue weighted by Crippen LogP contribution is -2.24. The lowest BCUT2D eigenvalue weighted by Gasteiger charge is -2.24. The second kappa shape index (κ2) is 5.95. The molecule has 2 aromatic rings. The first-order chi connectivity index (χ1) is 10.1. The second-order valence-corrected chi connectivity index (χ2v) is 5.68. The van der Waals surface area contributed by atoms with E-state index < -0.39 is 0 Å². The maximum atomic E-state index is 13.9. The molecule has 3 rings (SSSR count). The Morgan fingerprint density at radius 3 is 2.90 bits per heavy atom. The van der Waals surface area contributed by atoms with Crippen LogP contribution >= 0.6 is 11.6 Å². The molecule has 1 fully saturated rings. The number of hydrogen-bond acceptors (Lipinski definition) is 4. The van der Waals surface area contributed by atoms with Gasteiger partial charge in [0.1, 0.15) is 11.6 Å². The van der Waals surface area contributed by atoms with Crippen LogP contribution in [0.1, 0.15) is 30.1 Å². The van der Waals surface area contributed by atoms with Gasteiger partial charge in [-0.1, -0.05) is 11.6 Å². The van der Waals surface area contributed by atoms with E-state index in [0.29, 0.717) is 22.9 Å². The third-order valence-corrected chi connectivity index (χ3v) is 4.03. The Balaban J connectivity index is 1.81. The van der Waals surface area contributed by atoms with Gasteiger partial charge in [-0.2, -0.15) is 5.10 Å². The fraction of sp³-hybridized carbons (Fsp3) is 0.333. The Hall–Kier alpha value is -1.72. The first-order valence-corrected chi connectivity index (χ1v) is 7.28. The quantitative estimate of drug-likeness (QED) is 0.946. The molecule has 0 amide bonds. The minimum atomic E-state index is -0.228. The second-order valence-electron chi connectivity index (χ2n) is 5.25. The van der Waals surface area contributed by atoms with Gasteiger partial charge in [-0.3, -0.25) is 4.90 Å². The monoisotopic (exact) mass is 306 g/mol. The largest absolute Gasteiger partial charge is 0.382 e. The van der Waals surface area contributed by atoms with Gasteiger partial charge in [0.05, 0.1) is 11.7 Å². The highest BCUT2D eigenvalue weighted by Crippen LogP contribution is 2.32. The SMILES string of the molecule is Nc1ccc(C2CCCN2Cc2cc(Cl)ccc2F)nn1. The summed E-state index contributed by atoms with van der Waals surface area (Å²) in [5.74, 6) is 0.178. The topological polar surface area (TPSA) is 55.0 Å². The predicted octanol–water partition coefficient (Wildman–Crippen LogP) is 3.19. The van der Waals surface area contributed by atoms with E-state index in [2.05, 4.69) is 15.1 Å². The molecule has 6 heteroatoms. The first kappa shape index (κ1) is 14.2. The number of nitrogen functional groups attached to an aromatic ring is 1. The lowest BCUT2D eigenvalue weighted by molar-refractivity contribution is 0.240. The van der Waals surface area contributed by atoms with E-state index in [1.165, 1.54) is 6.07 Å². The zero-order chi connectivity index (χ0) is 14.8. The standard InChI is InChI=1S/C15H16ClFN4/c16-11-3-4-12(17)10(8-11)9-21-7-1-2-14(21)13-5-6-15(18)20-19-13/h3-6,8,14H,1-2,7,9H2,(H2,18,20). The molecule has 21 heavy (non-hydrogen) atoms. The summed E-state index contributed by atoms with van der Waals surface area (Å²) < 4.78 is 13.9. The Morgan fingerprint density at radius 1 is 1.29 bits per heavy atom. The van der Waals surface area contributed by atoms with Gasteiger partial charge in [0.25, 0.3) is 0 Å². The van der Waals surface area contributed by atoms with E-state index in [-0.39, 0.29) is 11.9 Å². The molecule has 110 valence electrons. The van der Waals surface area contributed by atoms with Crippen molar-refractivity contribution >= 4 is 17.4 Å². The lowest BCUT2D eigenvalue weighted by atomic mass is 10.1. The van der Waals surface area contributed by atoms with Crippen molar-refractivity contribution < 1.29 is 4.39 Å². The molecule has 1 atom stereocenters. The van der Waals surface area contributed by atoms with E-state index in [0.717, 1.165) is 25.1 Å². The number of halogens is 2. The van der Waals surface area contributed by atoms with Crippen molar-refractivity contribution in [1.82, 2.24) is 15.1 Å². The van der Waals surface area contributed by atoms with Crippen molar-refractivity contribution in [2.75, 3.05) is 12.3 Å². The van der Waals surface area contributed by atoms with Crippen LogP contribution in [0, 0.1) is 5.82 Å². The van der Waals surface area contributed by atoms with Gasteiger partial charge < -0.3 is 5.73 Å². The van der Waals surface area contributed by atoms with Crippen LogP contribution in [-0.4, -0.2) is 21.6 Å². The molecular formula is C15H16ClFN4. The number of hydrogen-bond donors (Lipinski definition) is 1. The highest BCUT2D eigenvalue weighted by atomic mass is 35.5. The Morgan fingerprint density at radius 2 is 2.14 bits per heavy atom. The molecule has 1 aromatic heterocycles. The highest BCUT2D eigenvalue weighted by molar-refractivity contribution is 6.30. The zero-order valence-corrected chi connectivity index (χ0v) is 12.2. The maximum absolute atomic E-state index is 13.9. The summed E-state index contributed by atoms with van der Waals surface area (Å²) >= 11 is 5.95. The van der Waals surface area contributed by atoms with Crippen LogP contribution in [0.25, 0.3) is 0 Å². The summed E-state index contributed by atoms with van der Waals surface area (Å²) in [5.41, 5.74) is 7.06. The number of rotatable bonds is 3. The summed E-state index contributed by atoms with van der Waals surface area (Å²) in [7, 11) is 0. The zero-order valence-electron chi connectivity index (χ0n) is 11.5. The molecule has 1 unspecified atom stereocenters. The van der Waals surface area contributed by atoms with Crippen LogP contribution in [0.5, 0.6) is 0 Å². The van der Waals surface area contributed by atoms with Crippen molar-refractivity contribution in [2.45, 2.75) is 25.4 Å². The molecule has 1 aliphatic rings. The summed E-state index contributed by atoms with van der Waals surface area (Å²) in [6.45, 7) is 1.42. The van der Waals surface area contributed by atoms with Gasteiger partial charge in [0.15, 0.2) is 0 Å². The van der Waals surface area contributed by atoms with E-state index in [1.807, 2.05) is 6.07 Å². The molecular weight excluding hydrogens is 291 g/mol. The minimum absolute atomic E-state index is 0.150. The number of benzene rings is 1. The van der Waals surface area contributed by atoms with E-state index in [4.69, 9.17) is 17.3 Å². The first-order valence-electron chi connectivity index (χ1n) is 6.90. The maximum Gasteiger partial charge on any atom is 0.146 e. The van der Waals surface area contributed by atoms with Gasteiger partial charge in [-0.15, -0.1) is 5.10 Å². The minimum Gasteiger partial charge on any atom is -0.382 e. The van der Waals surface area contributed by atoms with Gasteiger partial charge in [-0.05, 0) is 49.7 Å². The van der Waals surface area contributed by atoms with Crippen LogP contribution < -0.4 is 5.73 Å². The Labute approximate surface area is 127 Å². The van der Waals surface area contributed by atoms with E-state index >= 15 is 0 Å². The van der Waals surface area contributed by atoms with Crippen LogP contribution in [0.4, 0.5) is 10.2 Å². The van der Waals surface area contributed by atoms with E-state index in [9.17, 15) is 4.39 Å². The van der Waals surface area contributed by atoms with Crippen LogP contribution in [0.3, 0.4) is 0 Å². The molecule has 1 aromatic carbocycles. The molecule has 2 N–H and O–H groups in total. The average Bonchev–Trinajstić information content (AvgIpc) is 2.92. The smallest absolute Gasteiger partial charge is 0.146 e. The summed E-state index contributed by atoms with van der Waals surface area (Å²) in [5, 5.41) is 8.61. The number of nitrogens with two attached hydrogens (primary N) is 1. The molecule has 0 aliphatic carbocycles. The van der Waals surface area contributed by atoms with Crippen molar-refractivity contribution in [2.24, 2.45) is 0 Å². The van der Waals surface area contributed by atoms with Crippen LogP contribution in [0.2, 0.25) is 5.02 Å². The molecule has 0 radical (unpaired) electrons. The Kier molecular flexibility index (Phi) is 4.03. The molecule has 1 aliphatic heterocycles. The molecule has 0 spiro atoms. The van der Waals surface area contributed by atoms with Crippen LogP contribution in [0.15, 0.2) is 30.3 Å². The van der Waals surface area contributed by atoms with Crippen molar-refractivity contribution in [3.63, 3.8) is 0 Å². The van der Waals surface area contributed by atoms with Crippen LogP contribution in [-0.2, 0) is 6.54 Å². The molecule has 1 saturated heterocycles. The van der Waals surface area contributed by atoms with Crippen molar-refractivity contribution in [3.05, 3.63) is 52.4 Å². The number of anilines is 1. The third-order valence-electron chi connectivity index (χ3n) is 3.79. The Bertz CT molecular complexity index is 632.